The summed E-state index contributed by atoms with van der Waals surface area (Å²) in [6.45, 7) is 0. The van der Waals surface area contributed by atoms with Gasteiger partial charge in [0.05, 0.1) is 9.99 Å². The average Bonchev–Trinajstić information content (AvgIpc) is 2.48. The molecule has 3 N–H and O–H groups in total. The van der Waals surface area contributed by atoms with Crippen LogP contribution in [0.15, 0.2) is 59.1 Å². The molecular weight excluding hydrogens is 330 g/mol. The molecule has 1 heterocycles. The van der Waals surface area contributed by atoms with Crippen LogP contribution >= 0.6 is 15.9 Å². The van der Waals surface area contributed by atoms with Gasteiger partial charge in [-0.15, -0.1) is 0 Å². The standard InChI is InChI=1S/C16H12BrN3O/c17-12-6-2-4-8-14(12)21-15-9-11(16(18)19)10-5-1-3-7-13(10)20-15/h1-9H,(H3,18,19). The van der Waals surface area contributed by atoms with Crippen molar-refractivity contribution < 1.29 is 4.74 Å². The van der Waals surface area contributed by atoms with E-state index < -0.39 is 0 Å². The molecule has 0 fully saturated rings. The van der Waals surface area contributed by atoms with Crippen molar-refractivity contribution in [3.63, 3.8) is 0 Å². The third kappa shape index (κ3) is 2.73. The van der Waals surface area contributed by atoms with Gasteiger partial charge in [-0.05, 0) is 34.1 Å². The van der Waals surface area contributed by atoms with E-state index in [0.717, 1.165) is 15.4 Å². The predicted molar refractivity (Wildman–Crippen MR) is 87.0 cm³/mol. The number of benzene rings is 2. The van der Waals surface area contributed by atoms with Crippen molar-refractivity contribution in [1.82, 2.24) is 4.98 Å². The van der Waals surface area contributed by atoms with Gasteiger partial charge in [-0.25, -0.2) is 4.98 Å². The Morgan fingerprint density at radius 3 is 2.57 bits per heavy atom. The summed E-state index contributed by atoms with van der Waals surface area (Å²) in [7, 11) is 0. The van der Waals surface area contributed by atoms with E-state index in [0.29, 0.717) is 17.2 Å². The van der Waals surface area contributed by atoms with Crippen molar-refractivity contribution in [1.29, 1.82) is 5.41 Å². The molecule has 0 aliphatic heterocycles. The van der Waals surface area contributed by atoms with Crippen molar-refractivity contribution in [3.8, 4) is 11.6 Å². The topological polar surface area (TPSA) is 72.0 Å². The predicted octanol–water partition coefficient (Wildman–Crippen LogP) is 4.07. The Hall–Kier alpha value is -2.40. The fourth-order valence-corrected chi connectivity index (χ4v) is 2.43. The third-order valence-electron chi connectivity index (χ3n) is 3.03. The lowest BCUT2D eigenvalue weighted by molar-refractivity contribution is 0.462. The maximum Gasteiger partial charge on any atom is 0.220 e. The van der Waals surface area contributed by atoms with E-state index >= 15 is 0 Å². The molecule has 3 rings (SSSR count). The molecular formula is C16H12BrN3O. The maximum atomic E-state index is 7.72. The number of hydrogen-bond acceptors (Lipinski definition) is 3. The molecule has 0 saturated carbocycles. The van der Waals surface area contributed by atoms with Crippen LogP contribution in [0.1, 0.15) is 5.56 Å². The molecule has 0 aliphatic rings. The van der Waals surface area contributed by atoms with Gasteiger partial charge >= 0.3 is 0 Å². The summed E-state index contributed by atoms with van der Waals surface area (Å²) in [5.74, 6) is 1.06. The number of aromatic nitrogens is 1. The number of nitrogens with zero attached hydrogens (tertiary/aromatic N) is 1. The lowest BCUT2D eigenvalue weighted by Gasteiger charge is -2.10. The zero-order valence-corrected chi connectivity index (χ0v) is 12.6. The summed E-state index contributed by atoms with van der Waals surface area (Å²) in [6, 6.07) is 16.8. The van der Waals surface area contributed by atoms with E-state index in [1.54, 1.807) is 6.07 Å². The molecule has 104 valence electrons. The molecule has 1 aromatic heterocycles. The van der Waals surface area contributed by atoms with E-state index in [4.69, 9.17) is 15.9 Å². The highest BCUT2D eigenvalue weighted by Gasteiger charge is 2.10. The van der Waals surface area contributed by atoms with E-state index in [9.17, 15) is 0 Å². The zero-order valence-electron chi connectivity index (χ0n) is 11.0. The van der Waals surface area contributed by atoms with Crippen LogP contribution in [0.5, 0.6) is 11.6 Å². The normalized spacial score (nSPS) is 10.5. The smallest absolute Gasteiger partial charge is 0.220 e. The number of nitrogens with one attached hydrogen (secondary N) is 1. The van der Waals surface area contributed by atoms with Gasteiger partial charge in [0.25, 0.3) is 0 Å². The van der Waals surface area contributed by atoms with Crippen LogP contribution in [0.4, 0.5) is 0 Å². The van der Waals surface area contributed by atoms with Gasteiger partial charge in [0.15, 0.2) is 0 Å². The first-order valence-electron chi connectivity index (χ1n) is 6.32. The lowest BCUT2D eigenvalue weighted by Crippen LogP contribution is -2.12. The van der Waals surface area contributed by atoms with Crippen LogP contribution in [-0.4, -0.2) is 10.8 Å². The third-order valence-corrected chi connectivity index (χ3v) is 3.69. The van der Waals surface area contributed by atoms with Gasteiger partial charge in [-0.1, -0.05) is 30.3 Å². The van der Waals surface area contributed by atoms with E-state index in [1.807, 2.05) is 48.5 Å². The molecule has 4 nitrogen and oxygen atoms in total. The fourth-order valence-electron chi connectivity index (χ4n) is 2.07. The Kier molecular flexibility index (Phi) is 3.58. The highest BCUT2D eigenvalue weighted by molar-refractivity contribution is 9.10. The summed E-state index contributed by atoms with van der Waals surface area (Å²) in [4.78, 5) is 4.46. The molecule has 0 unspecified atom stereocenters. The second-order valence-electron chi connectivity index (χ2n) is 4.47. The molecule has 3 aromatic rings. The minimum atomic E-state index is -0.00872. The number of fused-ring (bicyclic) bond motifs is 1. The molecule has 21 heavy (non-hydrogen) atoms. The number of ether oxygens (including phenoxy) is 1. The van der Waals surface area contributed by atoms with Gasteiger partial charge in [0.1, 0.15) is 11.6 Å². The molecule has 0 saturated heterocycles. The van der Waals surface area contributed by atoms with Gasteiger partial charge < -0.3 is 10.5 Å². The van der Waals surface area contributed by atoms with Crippen LogP contribution in [-0.2, 0) is 0 Å². The highest BCUT2D eigenvalue weighted by atomic mass is 79.9. The largest absolute Gasteiger partial charge is 0.438 e. The summed E-state index contributed by atoms with van der Waals surface area (Å²) in [5, 5.41) is 8.56. The summed E-state index contributed by atoms with van der Waals surface area (Å²) in [6.07, 6.45) is 0. The molecule has 0 bridgehead atoms. The number of rotatable bonds is 3. The van der Waals surface area contributed by atoms with Gasteiger partial charge in [-0.3, -0.25) is 5.41 Å². The average molecular weight is 342 g/mol. The number of nitrogen functional groups attached to an aromatic ring is 1. The van der Waals surface area contributed by atoms with Crippen molar-refractivity contribution >= 4 is 32.7 Å². The van der Waals surface area contributed by atoms with Crippen LogP contribution < -0.4 is 10.5 Å². The Morgan fingerprint density at radius 1 is 1.10 bits per heavy atom. The Balaban J connectivity index is 2.11. The number of nitrogens with two attached hydrogens (primary N) is 1. The minimum absolute atomic E-state index is 0.00872. The fraction of sp³-hybridized carbons (Fsp3) is 0. The second kappa shape index (κ2) is 5.54. The quantitative estimate of drug-likeness (QED) is 0.557. The maximum absolute atomic E-state index is 7.72. The van der Waals surface area contributed by atoms with Crippen LogP contribution in [0.2, 0.25) is 0 Å². The van der Waals surface area contributed by atoms with Crippen molar-refractivity contribution in [2.24, 2.45) is 5.73 Å². The SMILES string of the molecule is N=C(N)c1cc(Oc2ccccc2Br)nc2ccccc12. The molecule has 0 radical (unpaired) electrons. The first-order valence-corrected chi connectivity index (χ1v) is 7.11. The highest BCUT2D eigenvalue weighted by Crippen LogP contribution is 2.30. The van der Waals surface area contributed by atoms with Gasteiger partial charge in [-0.2, -0.15) is 0 Å². The van der Waals surface area contributed by atoms with Crippen LogP contribution in [0, 0.1) is 5.41 Å². The van der Waals surface area contributed by atoms with Crippen molar-refractivity contribution in [2.45, 2.75) is 0 Å². The van der Waals surface area contributed by atoms with Gasteiger partial charge in [0, 0.05) is 17.0 Å². The van der Waals surface area contributed by atoms with E-state index in [2.05, 4.69) is 20.9 Å². The Labute approximate surface area is 130 Å². The molecule has 2 aromatic carbocycles. The summed E-state index contributed by atoms with van der Waals surface area (Å²) >= 11 is 3.43. The number of para-hydroxylation sites is 2. The zero-order chi connectivity index (χ0) is 14.8. The Bertz CT molecular complexity index is 833. The molecule has 0 amide bonds. The van der Waals surface area contributed by atoms with E-state index in [1.165, 1.54) is 0 Å². The lowest BCUT2D eigenvalue weighted by atomic mass is 10.1. The van der Waals surface area contributed by atoms with E-state index in [-0.39, 0.29) is 5.84 Å². The van der Waals surface area contributed by atoms with Crippen molar-refractivity contribution in [3.05, 3.63) is 64.6 Å². The van der Waals surface area contributed by atoms with Crippen LogP contribution in [0.3, 0.4) is 0 Å². The summed E-state index contributed by atoms with van der Waals surface area (Å²) in [5.41, 5.74) is 7.02. The molecule has 5 heteroatoms. The number of pyridine rings is 1. The first-order chi connectivity index (χ1) is 10.1. The number of hydrogen-bond donors (Lipinski definition) is 2. The molecule has 0 aliphatic carbocycles. The first kappa shape index (κ1) is 13.6. The number of amidine groups is 1. The Morgan fingerprint density at radius 2 is 1.81 bits per heavy atom. The van der Waals surface area contributed by atoms with Crippen molar-refractivity contribution in [2.75, 3.05) is 0 Å². The van der Waals surface area contributed by atoms with Crippen LogP contribution in [0.25, 0.3) is 10.9 Å². The second-order valence-corrected chi connectivity index (χ2v) is 5.33. The molecule has 0 atom stereocenters. The summed E-state index contributed by atoms with van der Waals surface area (Å²) < 4.78 is 6.64. The number of halogens is 1. The monoisotopic (exact) mass is 341 g/mol. The minimum Gasteiger partial charge on any atom is -0.438 e. The van der Waals surface area contributed by atoms with Gasteiger partial charge in [0.2, 0.25) is 5.88 Å². The molecule has 0 spiro atoms.